The second-order valence-corrected chi connectivity index (χ2v) is 8.60. The zero-order valence-corrected chi connectivity index (χ0v) is 19.4. The first-order valence-corrected chi connectivity index (χ1v) is 11.6. The van der Waals surface area contributed by atoms with Crippen molar-refractivity contribution in [3.63, 3.8) is 0 Å². The third-order valence-electron chi connectivity index (χ3n) is 5.60. The second-order valence-electron chi connectivity index (χ2n) is 7.84. The van der Waals surface area contributed by atoms with E-state index in [9.17, 15) is 4.79 Å². The number of carbonyl (C=O) groups is 1. The summed E-state index contributed by atoms with van der Waals surface area (Å²) in [5.41, 5.74) is 9.79. The molecule has 0 unspecified atom stereocenters. The molecule has 5 rings (SSSR count). The predicted molar refractivity (Wildman–Crippen MR) is 130 cm³/mol. The molecule has 1 amide bonds. The fourth-order valence-corrected chi connectivity index (χ4v) is 4.40. The maximum absolute atomic E-state index is 12.4. The Morgan fingerprint density at radius 2 is 1.91 bits per heavy atom. The molecule has 0 aliphatic carbocycles. The number of hydrogen-bond acceptors (Lipinski definition) is 11. The lowest BCUT2D eigenvalue weighted by molar-refractivity contribution is 0.122. The summed E-state index contributed by atoms with van der Waals surface area (Å²) in [7, 11) is 0. The number of hydrogen-bond donors (Lipinski definition) is 2. The quantitative estimate of drug-likeness (QED) is 0.413. The van der Waals surface area contributed by atoms with E-state index in [1.54, 1.807) is 12.4 Å². The maximum atomic E-state index is 12.4. The Morgan fingerprint density at radius 1 is 1.15 bits per heavy atom. The Kier molecular flexibility index (Phi) is 6.32. The van der Waals surface area contributed by atoms with Crippen LogP contribution in [0.5, 0.6) is 0 Å². The van der Waals surface area contributed by atoms with Gasteiger partial charge in [0.25, 0.3) is 0 Å². The van der Waals surface area contributed by atoms with E-state index in [0.29, 0.717) is 56.7 Å². The van der Waals surface area contributed by atoms with Gasteiger partial charge in [0.2, 0.25) is 11.9 Å². The average Bonchev–Trinajstić information content (AvgIpc) is 3.28. The average molecular weight is 481 g/mol. The number of aryl methyl sites for hydroxylation is 1. The van der Waals surface area contributed by atoms with Crippen molar-refractivity contribution in [1.29, 1.82) is 0 Å². The van der Waals surface area contributed by atoms with Gasteiger partial charge in [-0.05, 0) is 25.0 Å². The summed E-state index contributed by atoms with van der Waals surface area (Å²) in [6.45, 7) is 5.15. The molecule has 0 spiro atoms. The van der Waals surface area contributed by atoms with Gasteiger partial charge < -0.3 is 19.6 Å². The lowest BCUT2D eigenvalue weighted by Crippen LogP contribution is -2.37. The van der Waals surface area contributed by atoms with Crippen LogP contribution in [0, 0.1) is 6.92 Å². The van der Waals surface area contributed by atoms with Crippen LogP contribution in [0.2, 0.25) is 0 Å². The smallest absolute Gasteiger partial charge is 0.378 e. The molecule has 11 nitrogen and oxygen atoms in total. The molecule has 0 saturated carbocycles. The summed E-state index contributed by atoms with van der Waals surface area (Å²) in [6, 6.07) is 7.53. The standard InChI is InChI=1S/C22H24N8O3S/c1-14-4-2-3-5-17(14)26-22(31)33-34-30-7-6-16-18(15-12-24-20(23)25-13-15)27-21(28-19(16)30)29-8-10-32-11-9-29/h2-5,12-13H,6-11H2,1H3,(H,26,31)(H2,23,24,25). The van der Waals surface area contributed by atoms with Crippen LogP contribution >= 0.6 is 12.2 Å². The van der Waals surface area contributed by atoms with Crippen LogP contribution in [0.4, 0.5) is 28.2 Å². The number of para-hydroxylation sites is 1. The molecule has 3 N–H and O–H groups in total. The van der Waals surface area contributed by atoms with Crippen molar-refractivity contribution in [1.82, 2.24) is 19.9 Å². The highest BCUT2D eigenvalue weighted by Gasteiger charge is 2.30. The van der Waals surface area contributed by atoms with E-state index in [0.717, 1.165) is 34.6 Å². The van der Waals surface area contributed by atoms with Crippen LogP contribution in [-0.2, 0) is 15.3 Å². The number of morpholine rings is 1. The van der Waals surface area contributed by atoms with Crippen molar-refractivity contribution in [2.45, 2.75) is 13.3 Å². The molecular formula is C22H24N8O3S. The van der Waals surface area contributed by atoms with E-state index < -0.39 is 6.09 Å². The molecule has 0 bridgehead atoms. The number of nitrogens with two attached hydrogens (primary N) is 1. The van der Waals surface area contributed by atoms with Crippen LogP contribution in [0.15, 0.2) is 36.7 Å². The first-order valence-electron chi connectivity index (χ1n) is 10.9. The van der Waals surface area contributed by atoms with Gasteiger partial charge in [0.1, 0.15) is 0 Å². The fraction of sp³-hybridized carbons (Fsp3) is 0.318. The molecule has 4 heterocycles. The molecule has 34 heavy (non-hydrogen) atoms. The summed E-state index contributed by atoms with van der Waals surface area (Å²) in [5, 5.41) is 2.77. The maximum Gasteiger partial charge on any atom is 0.425 e. The molecule has 2 aliphatic rings. The van der Waals surface area contributed by atoms with Crippen LogP contribution in [0.3, 0.4) is 0 Å². The highest BCUT2D eigenvalue weighted by molar-refractivity contribution is 7.96. The van der Waals surface area contributed by atoms with Crippen molar-refractivity contribution >= 4 is 41.7 Å². The minimum Gasteiger partial charge on any atom is -0.378 e. The molecule has 2 aromatic heterocycles. The Hall–Kier alpha value is -3.64. The fourth-order valence-electron chi connectivity index (χ4n) is 3.82. The van der Waals surface area contributed by atoms with Crippen LogP contribution < -0.4 is 20.3 Å². The first kappa shape index (κ1) is 22.2. The minimum absolute atomic E-state index is 0.202. The third kappa shape index (κ3) is 4.68. The second kappa shape index (κ2) is 9.69. The Labute approximate surface area is 201 Å². The number of nitrogens with zero attached hydrogens (tertiary/aromatic N) is 6. The van der Waals surface area contributed by atoms with Gasteiger partial charge in [0.05, 0.1) is 18.9 Å². The summed E-state index contributed by atoms with van der Waals surface area (Å²) >= 11 is 0.958. The van der Waals surface area contributed by atoms with Gasteiger partial charge in [-0.3, -0.25) is 9.62 Å². The number of ether oxygens (including phenoxy) is 1. The highest BCUT2D eigenvalue weighted by atomic mass is 32.2. The molecule has 0 radical (unpaired) electrons. The van der Waals surface area contributed by atoms with Crippen LogP contribution in [0.25, 0.3) is 11.3 Å². The zero-order valence-electron chi connectivity index (χ0n) is 18.6. The van der Waals surface area contributed by atoms with E-state index >= 15 is 0 Å². The van der Waals surface area contributed by atoms with Crippen molar-refractivity contribution in [3.8, 4) is 11.3 Å². The summed E-state index contributed by atoms with van der Waals surface area (Å²) in [6.07, 6.45) is 3.46. The number of anilines is 4. The molecule has 3 aromatic rings. The molecule has 2 aliphatic heterocycles. The predicted octanol–water partition coefficient (Wildman–Crippen LogP) is 2.84. The Balaban J connectivity index is 1.39. The van der Waals surface area contributed by atoms with Gasteiger partial charge in [-0.25, -0.2) is 19.7 Å². The molecule has 12 heteroatoms. The normalized spacial score (nSPS) is 15.2. The zero-order chi connectivity index (χ0) is 23.5. The molecule has 176 valence electrons. The van der Waals surface area contributed by atoms with E-state index in [4.69, 9.17) is 24.6 Å². The summed E-state index contributed by atoms with van der Waals surface area (Å²) < 4.78 is 12.8. The summed E-state index contributed by atoms with van der Waals surface area (Å²) in [5.74, 6) is 1.50. The number of benzene rings is 1. The van der Waals surface area contributed by atoms with Gasteiger partial charge in [0.15, 0.2) is 18.0 Å². The molecular weight excluding hydrogens is 456 g/mol. The van der Waals surface area contributed by atoms with Crippen molar-refractivity contribution < 1.29 is 13.7 Å². The Morgan fingerprint density at radius 3 is 2.68 bits per heavy atom. The van der Waals surface area contributed by atoms with Gasteiger partial charge in [0, 0.05) is 48.8 Å². The van der Waals surface area contributed by atoms with Crippen LogP contribution in [-0.4, -0.2) is 58.9 Å². The Bertz CT molecular complexity index is 1190. The number of carbonyl (C=O) groups excluding carboxylic acids is 1. The topological polar surface area (TPSA) is 132 Å². The van der Waals surface area contributed by atoms with Gasteiger partial charge in [-0.15, -0.1) is 0 Å². The van der Waals surface area contributed by atoms with Gasteiger partial charge in [-0.2, -0.15) is 4.98 Å². The van der Waals surface area contributed by atoms with Gasteiger partial charge >= 0.3 is 6.09 Å². The molecule has 1 saturated heterocycles. The number of rotatable bonds is 5. The van der Waals surface area contributed by atoms with Crippen LogP contribution in [0.1, 0.15) is 11.1 Å². The van der Waals surface area contributed by atoms with Gasteiger partial charge in [-0.1, -0.05) is 18.2 Å². The molecule has 1 aromatic carbocycles. The largest absolute Gasteiger partial charge is 0.425 e. The van der Waals surface area contributed by atoms with E-state index in [-0.39, 0.29) is 5.95 Å². The lowest BCUT2D eigenvalue weighted by atomic mass is 10.1. The molecule has 0 atom stereocenters. The lowest BCUT2D eigenvalue weighted by Gasteiger charge is -2.28. The number of aromatic nitrogens is 4. The monoisotopic (exact) mass is 480 g/mol. The number of nitrogen functional groups attached to an aromatic ring is 1. The van der Waals surface area contributed by atoms with E-state index in [1.807, 2.05) is 35.5 Å². The van der Waals surface area contributed by atoms with Crippen molar-refractivity contribution in [3.05, 3.63) is 47.8 Å². The number of fused-ring (bicyclic) bond motifs is 1. The highest BCUT2D eigenvalue weighted by Crippen LogP contribution is 2.38. The third-order valence-corrected chi connectivity index (χ3v) is 6.36. The first-order chi connectivity index (χ1) is 16.6. The SMILES string of the molecule is Cc1ccccc1NC(=O)OSN1CCc2c(-c3cnc(N)nc3)nc(N3CCOCC3)nc21. The van der Waals surface area contributed by atoms with Crippen molar-refractivity contribution in [2.24, 2.45) is 0 Å². The van der Waals surface area contributed by atoms with E-state index in [1.165, 1.54) is 0 Å². The van der Waals surface area contributed by atoms with Crippen molar-refractivity contribution in [2.75, 3.05) is 53.1 Å². The van der Waals surface area contributed by atoms with E-state index in [2.05, 4.69) is 20.2 Å². The number of amides is 1. The summed E-state index contributed by atoms with van der Waals surface area (Å²) in [4.78, 5) is 32.4. The number of nitrogens with one attached hydrogen (secondary N) is 1. The molecule has 1 fully saturated rings. The minimum atomic E-state index is -0.553.